The lowest BCUT2D eigenvalue weighted by Gasteiger charge is -2.31. The molecule has 2 aliphatic heterocycles. The van der Waals surface area contributed by atoms with Crippen LogP contribution in [0.3, 0.4) is 0 Å². The van der Waals surface area contributed by atoms with Gasteiger partial charge in [-0.1, -0.05) is 0 Å². The molecule has 2 fully saturated rings. The molecule has 2 aliphatic rings. The number of aryl methyl sites for hydroxylation is 1. The van der Waals surface area contributed by atoms with E-state index >= 15 is 0 Å². The minimum absolute atomic E-state index is 0.132. The van der Waals surface area contributed by atoms with Crippen molar-refractivity contribution in [2.75, 3.05) is 26.2 Å². The van der Waals surface area contributed by atoms with Crippen molar-refractivity contribution in [3.05, 3.63) is 29.9 Å². The first-order valence-corrected chi connectivity index (χ1v) is 10.1. The molecule has 8 nitrogen and oxygen atoms in total. The standard InChI is InChI=1S/C19H31N7O/c1-23-12-7-20-17(23)13-25-8-3-15(4-9-25)19-22-21-18(24(19)2)14-26-10-5-16(27)6-11-26/h7,12,15-16,27H,3-6,8-11,13-14H2,1-2H3. The molecule has 0 spiro atoms. The van der Waals surface area contributed by atoms with E-state index in [9.17, 15) is 5.11 Å². The first-order valence-electron chi connectivity index (χ1n) is 10.1. The summed E-state index contributed by atoms with van der Waals surface area (Å²) in [6, 6.07) is 0. The third kappa shape index (κ3) is 4.23. The lowest BCUT2D eigenvalue weighted by molar-refractivity contribution is 0.0775. The normalized spacial score (nSPS) is 21.1. The predicted molar refractivity (Wildman–Crippen MR) is 102 cm³/mol. The summed E-state index contributed by atoms with van der Waals surface area (Å²) in [6.07, 6.45) is 7.70. The van der Waals surface area contributed by atoms with Crippen LogP contribution in [0.1, 0.15) is 49.1 Å². The van der Waals surface area contributed by atoms with Gasteiger partial charge in [-0.25, -0.2) is 4.98 Å². The Morgan fingerprint density at radius 3 is 2.19 bits per heavy atom. The van der Waals surface area contributed by atoms with E-state index in [2.05, 4.69) is 48.2 Å². The van der Waals surface area contributed by atoms with Crippen molar-refractivity contribution in [3.63, 3.8) is 0 Å². The molecule has 0 bridgehead atoms. The summed E-state index contributed by atoms with van der Waals surface area (Å²) in [7, 11) is 4.16. The summed E-state index contributed by atoms with van der Waals surface area (Å²) in [5, 5.41) is 18.7. The maximum atomic E-state index is 9.67. The highest BCUT2D eigenvalue weighted by molar-refractivity contribution is 5.04. The Morgan fingerprint density at radius 2 is 1.56 bits per heavy atom. The molecular weight excluding hydrogens is 342 g/mol. The van der Waals surface area contributed by atoms with E-state index in [-0.39, 0.29) is 6.10 Å². The van der Waals surface area contributed by atoms with Gasteiger partial charge in [0, 0.05) is 45.5 Å². The largest absolute Gasteiger partial charge is 0.393 e. The maximum Gasteiger partial charge on any atom is 0.146 e. The average Bonchev–Trinajstić information content (AvgIpc) is 3.24. The van der Waals surface area contributed by atoms with Gasteiger partial charge in [0.1, 0.15) is 17.5 Å². The monoisotopic (exact) mass is 373 g/mol. The van der Waals surface area contributed by atoms with E-state index in [0.29, 0.717) is 5.92 Å². The molecule has 0 amide bonds. The summed E-state index contributed by atoms with van der Waals surface area (Å²) in [5.41, 5.74) is 0. The molecule has 0 radical (unpaired) electrons. The van der Waals surface area contributed by atoms with Crippen LogP contribution < -0.4 is 0 Å². The Labute approximate surface area is 160 Å². The zero-order valence-corrected chi connectivity index (χ0v) is 16.5. The molecule has 1 N–H and O–H groups in total. The van der Waals surface area contributed by atoms with Crippen LogP contribution in [0.15, 0.2) is 12.4 Å². The first kappa shape index (κ1) is 18.6. The van der Waals surface area contributed by atoms with Crippen molar-refractivity contribution in [1.82, 2.24) is 34.1 Å². The van der Waals surface area contributed by atoms with E-state index in [0.717, 1.165) is 82.4 Å². The van der Waals surface area contributed by atoms with Gasteiger partial charge in [-0.2, -0.15) is 0 Å². The number of rotatable bonds is 5. The molecule has 0 saturated carbocycles. The molecule has 2 aromatic heterocycles. The second kappa shape index (κ2) is 8.08. The number of imidazole rings is 1. The van der Waals surface area contributed by atoms with Gasteiger partial charge < -0.3 is 14.2 Å². The minimum atomic E-state index is -0.132. The number of piperidine rings is 2. The van der Waals surface area contributed by atoms with Gasteiger partial charge in [0.25, 0.3) is 0 Å². The topological polar surface area (TPSA) is 75.2 Å². The van der Waals surface area contributed by atoms with E-state index in [1.54, 1.807) is 0 Å². The fraction of sp³-hybridized carbons (Fsp3) is 0.737. The van der Waals surface area contributed by atoms with Crippen molar-refractivity contribution in [2.45, 2.75) is 50.8 Å². The molecule has 2 saturated heterocycles. The highest BCUT2D eigenvalue weighted by Crippen LogP contribution is 2.27. The SMILES string of the molecule is Cn1ccnc1CN1CCC(c2nnc(CN3CCC(O)CC3)n2C)CC1. The molecule has 4 heterocycles. The van der Waals surface area contributed by atoms with Crippen LogP contribution in [-0.2, 0) is 27.2 Å². The number of hydrogen-bond acceptors (Lipinski definition) is 6. The van der Waals surface area contributed by atoms with Gasteiger partial charge in [-0.3, -0.25) is 9.80 Å². The molecule has 0 aliphatic carbocycles. The van der Waals surface area contributed by atoms with Crippen molar-refractivity contribution in [1.29, 1.82) is 0 Å². The molecule has 8 heteroatoms. The van der Waals surface area contributed by atoms with E-state index in [4.69, 9.17) is 0 Å². The smallest absolute Gasteiger partial charge is 0.146 e. The minimum Gasteiger partial charge on any atom is -0.393 e. The van der Waals surface area contributed by atoms with E-state index in [1.165, 1.54) is 0 Å². The van der Waals surface area contributed by atoms with Gasteiger partial charge >= 0.3 is 0 Å². The van der Waals surface area contributed by atoms with Gasteiger partial charge in [0.2, 0.25) is 0 Å². The van der Waals surface area contributed by atoms with Crippen LogP contribution in [0.4, 0.5) is 0 Å². The predicted octanol–water partition coefficient (Wildman–Crippen LogP) is 0.885. The number of nitrogens with zero attached hydrogens (tertiary/aromatic N) is 7. The van der Waals surface area contributed by atoms with Crippen molar-refractivity contribution in [2.24, 2.45) is 14.1 Å². The van der Waals surface area contributed by atoms with Crippen LogP contribution in [0.5, 0.6) is 0 Å². The third-order valence-electron chi connectivity index (χ3n) is 6.16. The fourth-order valence-corrected chi connectivity index (χ4v) is 4.24. The molecule has 0 atom stereocenters. The Hall–Kier alpha value is -1.77. The number of likely N-dealkylation sites (tertiary alicyclic amines) is 2. The van der Waals surface area contributed by atoms with Crippen molar-refractivity contribution in [3.8, 4) is 0 Å². The first-order chi connectivity index (χ1) is 13.1. The Morgan fingerprint density at radius 1 is 0.926 bits per heavy atom. The molecular formula is C19H31N7O. The maximum absolute atomic E-state index is 9.67. The average molecular weight is 374 g/mol. The van der Waals surface area contributed by atoms with Gasteiger partial charge in [0.05, 0.1) is 19.2 Å². The Bertz CT molecular complexity index is 739. The van der Waals surface area contributed by atoms with Crippen molar-refractivity contribution >= 4 is 0 Å². The van der Waals surface area contributed by atoms with Crippen molar-refractivity contribution < 1.29 is 5.11 Å². The van der Waals surface area contributed by atoms with Gasteiger partial charge in [-0.15, -0.1) is 10.2 Å². The quantitative estimate of drug-likeness (QED) is 0.839. The number of aliphatic hydroxyl groups is 1. The molecule has 27 heavy (non-hydrogen) atoms. The van der Waals surface area contributed by atoms with E-state index < -0.39 is 0 Å². The van der Waals surface area contributed by atoms with Crippen LogP contribution in [-0.4, -0.2) is 71.5 Å². The second-order valence-electron chi connectivity index (χ2n) is 8.05. The highest BCUT2D eigenvalue weighted by atomic mass is 16.3. The summed E-state index contributed by atoms with van der Waals surface area (Å²) in [6.45, 7) is 5.77. The zero-order valence-electron chi connectivity index (χ0n) is 16.5. The summed E-state index contributed by atoms with van der Waals surface area (Å²) < 4.78 is 4.30. The highest BCUT2D eigenvalue weighted by Gasteiger charge is 2.26. The Kier molecular flexibility index (Phi) is 5.56. The zero-order chi connectivity index (χ0) is 18.8. The Balaban J connectivity index is 1.32. The van der Waals surface area contributed by atoms with Crippen LogP contribution >= 0.6 is 0 Å². The fourth-order valence-electron chi connectivity index (χ4n) is 4.24. The lowest BCUT2D eigenvalue weighted by Crippen LogP contribution is -2.36. The van der Waals surface area contributed by atoms with Crippen LogP contribution in [0.2, 0.25) is 0 Å². The summed E-state index contributed by atoms with van der Waals surface area (Å²) in [4.78, 5) is 9.29. The molecule has 2 aromatic rings. The molecule has 4 rings (SSSR count). The van der Waals surface area contributed by atoms with Gasteiger partial charge in [0.15, 0.2) is 0 Å². The molecule has 0 unspecified atom stereocenters. The van der Waals surface area contributed by atoms with Crippen LogP contribution in [0.25, 0.3) is 0 Å². The van der Waals surface area contributed by atoms with E-state index in [1.807, 2.05) is 12.4 Å². The molecule has 0 aromatic carbocycles. The number of aliphatic hydroxyl groups excluding tert-OH is 1. The molecule has 148 valence electrons. The third-order valence-corrected chi connectivity index (χ3v) is 6.16. The number of hydrogen-bond donors (Lipinski definition) is 1. The second-order valence-corrected chi connectivity index (χ2v) is 8.05. The van der Waals surface area contributed by atoms with Crippen LogP contribution in [0, 0.1) is 0 Å². The van der Waals surface area contributed by atoms with Gasteiger partial charge in [-0.05, 0) is 38.8 Å². The number of aromatic nitrogens is 5. The summed E-state index contributed by atoms with van der Waals surface area (Å²) in [5.74, 6) is 3.77. The summed E-state index contributed by atoms with van der Waals surface area (Å²) >= 11 is 0. The lowest BCUT2D eigenvalue weighted by atomic mass is 9.96.